The van der Waals surface area contributed by atoms with E-state index < -0.39 is 0 Å². The smallest absolute Gasteiger partial charge is 0.0847 e. The zero-order chi connectivity index (χ0) is 16.3. The number of aliphatic hydroxyl groups is 1. The number of aromatic nitrogens is 2. The summed E-state index contributed by atoms with van der Waals surface area (Å²) in [6, 6.07) is 2.45. The Kier molecular flexibility index (Phi) is 5.36. The van der Waals surface area contributed by atoms with Crippen LogP contribution in [-0.4, -0.2) is 70.9 Å². The van der Waals surface area contributed by atoms with Gasteiger partial charge in [-0.3, -0.25) is 9.58 Å². The minimum Gasteiger partial charge on any atom is -0.394 e. The molecule has 0 aromatic carbocycles. The molecule has 6 nitrogen and oxygen atoms in total. The fourth-order valence-electron chi connectivity index (χ4n) is 4.25. The molecule has 6 heteroatoms. The van der Waals surface area contributed by atoms with Crippen LogP contribution in [0.25, 0.3) is 0 Å². The van der Waals surface area contributed by atoms with Crippen molar-refractivity contribution in [3.05, 3.63) is 18.0 Å². The fraction of sp³-hybridized carbons (Fsp3) is 0.824. The quantitative estimate of drug-likeness (QED) is 0.817. The highest BCUT2D eigenvalue weighted by Gasteiger charge is 2.50. The van der Waals surface area contributed by atoms with E-state index in [1.54, 1.807) is 0 Å². The minimum atomic E-state index is -0.0156. The van der Waals surface area contributed by atoms with E-state index in [9.17, 15) is 0 Å². The van der Waals surface area contributed by atoms with Crippen molar-refractivity contribution in [1.82, 2.24) is 14.7 Å². The number of aryl methyl sites for hydroxylation is 1. The van der Waals surface area contributed by atoms with Gasteiger partial charge >= 0.3 is 0 Å². The van der Waals surface area contributed by atoms with Gasteiger partial charge in [-0.05, 0) is 38.7 Å². The summed E-state index contributed by atoms with van der Waals surface area (Å²) in [6.45, 7) is 5.60. The van der Waals surface area contributed by atoms with Crippen LogP contribution in [0.2, 0.25) is 0 Å². The molecule has 23 heavy (non-hydrogen) atoms. The largest absolute Gasteiger partial charge is 0.394 e. The van der Waals surface area contributed by atoms with Crippen LogP contribution in [0.15, 0.2) is 12.3 Å². The lowest BCUT2D eigenvalue weighted by molar-refractivity contribution is -0.103. The molecule has 2 heterocycles. The molecule has 0 radical (unpaired) electrons. The molecular weight excluding hydrogens is 294 g/mol. The molecule has 3 atom stereocenters. The van der Waals surface area contributed by atoms with Crippen LogP contribution in [0.4, 0.5) is 0 Å². The summed E-state index contributed by atoms with van der Waals surface area (Å²) in [5, 5.41) is 13.4. The molecule has 0 unspecified atom stereocenters. The molecule has 1 saturated carbocycles. The Bertz CT molecular complexity index is 507. The summed E-state index contributed by atoms with van der Waals surface area (Å²) in [5.41, 5.74) is 1.19. The number of nitrogens with zero attached hydrogens (tertiary/aromatic N) is 3. The normalized spacial score (nSPS) is 31.4. The molecule has 1 aliphatic heterocycles. The van der Waals surface area contributed by atoms with Gasteiger partial charge in [0.05, 0.1) is 31.5 Å². The number of hydrogen-bond acceptors (Lipinski definition) is 5. The number of rotatable bonds is 7. The second kappa shape index (κ2) is 7.30. The first kappa shape index (κ1) is 16.9. The zero-order valence-corrected chi connectivity index (χ0v) is 14.3. The summed E-state index contributed by atoms with van der Waals surface area (Å²) in [4.78, 5) is 2.54. The van der Waals surface area contributed by atoms with E-state index >= 15 is 0 Å². The number of fused-ring (bicyclic) bond motifs is 1. The van der Waals surface area contributed by atoms with Crippen LogP contribution in [0.1, 0.15) is 31.4 Å². The lowest BCUT2D eigenvalue weighted by atomic mass is 9.79. The first-order chi connectivity index (χ1) is 11.2. The van der Waals surface area contributed by atoms with Crippen molar-refractivity contribution in [2.75, 3.05) is 33.4 Å². The Morgan fingerprint density at radius 3 is 2.96 bits per heavy atom. The summed E-state index contributed by atoms with van der Waals surface area (Å²) < 4.78 is 13.8. The molecule has 0 spiro atoms. The molecule has 3 rings (SSSR count). The lowest BCUT2D eigenvalue weighted by Crippen LogP contribution is -2.52. The molecule has 0 bridgehead atoms. The molecule has 0 amide bonds. The van der Waals surface area contributed by atoms with Gasteiger partial charge in [-0.15, -0.1) is 0 Å². The van der Waals surface area contributed by atoms with Crippen molar-refractivity contribution >= 4 is 0 Å². The third-order valence-electron chi connectivity index (χ3n) is 5.63. The molecular formula is C17H29N3O3. The molecule has 130 valence electrons. The van der Waals surface area contributed by atoms with Gasteiger partial charge in [0, 0.05) is 38.1 Å². The second-order valence-electron chi connectivity index (χ2n) is 6.76. The van der Waals surface area contributed by atoms with Crippen molar-refractivity contribution in [3.63, 3.8) is 0 Å². The average Bonchev–Trinajstić information content (AvgIpc) is 3.14. The Labute approximate surface area is 138 Å². The first-order valence-electron chi connectivity index (χ1n) is 8.68. The first-order valence-corrected chi connectivity index (χ1v) is 8.68. The Balaban J connectivity index is 1.63. The van der Waals surface area contributed by atoms with Gasteiger partial charge in [0.15, 0.2) is 0 Å². The van der Waals surface area contributed by atoms with Crippen molar-refractivity contribution in [1.29, 1.82) is 0 Å². The van der Waals surface area contributed by atoms with E-state index in [1.165, 1.54) is 5.69 Å². The van der Waals surface area contributed by atoms with Gasteiger partial charge in [-0.25, -0.2) is 0 Å². The summed E-state index contributed by atoms with van der Waals surface area (Å²) in [7, 11) is 1.85. The highest BCUT2D eigenvalue weighted by molar-refractivity contribution is 5.05. The van der Waals surface area contributed by atoms with E-state index in [0.717, 1.165) is 45.3 Å². The van der Waals surface area contributed by atoms with Crippen LogP contribution in [0.3, 0.4) is 0 Å². The summed E-state index contributed by atoms with van der Waals surface area (Å²) >= 11 is 0. The van der Waals surface area contributed by atoms with Crippen LogP contribution in [0.5, 0.6) is 0 Å². The number of hydrogen-bond donors (Lipinski definition) is 1. The van der Waals surface area contributed by atoms with Crippen molar-refractivity contribution in [2.45, 2.75) is 56.9 Å². The van der Waals surface area contributed by atoms with Crippen LogP contribution < -0.4 is 0 Å². The van der Waals surface area contributed by atoms with Crippen molar-refractivity contribution < 1.29 is 14.6 Å². The van der Waals surface area contributed by atoms with Gasteiger partial charge in [-0.1, -0.05) is 0 Å². The maximum Gasteiger partial charge on any atom is 0.0847 e. The number of likely N-dealkylation sites (tertiary alicyclic amines) is 1. The molecule has 1 aromatic heterocycles. The van der Waals surface area contributed by atoms with Crippen LogP contribution in [0, 0.1) is 6.92 Å². The van der Waals surface area contributed by atoms with Gasteiger partial charge in [0.25, 0.3) is 0 Å². The molecule has 1 aromatic rings. The monoisotopic (exact) mass is 323 g/mol. The van der Waals surface area contributed by atoms with Gasteiger partial charge in [-0.2, -0.15) is 5.10 Å². The maximum absolute atomic E-state index is 8.98. The number of ether oxygens (including phenoxy) is 2. The number of aliphatic hydroxyl groups excluding tert-OH is 1. The second-order valence-corrected chi connectivity index (χ2v) is 6.76. The molecule has 2 fully saturated rings. The predicted molar refractivity (Wildman–Crippen MR) is 87.4 cm³/mol. The zero-order valence-electron chi connectivity index (χ0n) is 14.3. The van der Waals surface area contributed by atoms with Gasteiger partial charge in [0.1, 0.15) is 0 Å². The van der Waals surface area contributed by atoms with Crippen LogP contribution >= 0.6 is 0 Å². The summed E-state index contributed by atoms with van der Waals surface area (Å²) in [5.74, 6) is 0. The maximum atomic E-state index is 8.98. The minimum absolute atomic E-state index is 0.0156. The third-order valence-corrected chi connectivity index (χ3v) is 5.63. The van der Waals surface area contributed by atoms with E-state index in [4.69, 9.17) is 14.6 Å². The van der Waals surface area contributed by atoms with E-state index in [1.807, 2.05) is 19.4 Å². The molecule has 2 aliphatic rings. The van der Waals surface area contributed by atoms with Crippen molar-refractivity contribution in [2.24, 2.45) is 0 Å². The number of methoxy groups -OCH3 is 1. The lowest BCUT2D eigenvalue weighted by Gasteiger charge is -2.43. The molecule has 1 aliphatic carbocycles. The third kappa shape index (κ3) is 3.45. The highest BCUT2D eigenvalue weighted by Crippen LogP contribution is 2.43. The topological polar surface area (TPSA) is 59.8 Å². The van der Waals surface area contributed by atoms with E-state index in [0.29, 0.717) is 12.6 Å². The van der Waals surface area contributed by atoms with Gasteiger partial charge in [0.2, 0.25) is 0 Å². The fourth-order valence-corrected chi connectivity index (χ4v) is 4.25. The highest BCUT2D eigenvalue weighted by atomic mass is 16.5. The molecule has 1 saturated heterocycles. The van der Waals surface area contributed by atoms with Crippen molar-refractivity contribution in [3.8, 4) is 0 Å². The Morgan fingerprint density at radius 1 is 1.39 bits per heavy atom. The van der Waals surface area contributed by atoms with E-state index in [-0.39, 0.29) is 18.3 Å². The molecule has 1 N–H and O–H groups in total. The summed E-state index contributed by atoms with van der Waals surface area (Å²) in [6.07, 6.45) is 6.25. The predicted octanol–water partition coefficient (Wildman–Crippen LogP) is 1.21. The van der Waals surface area contributed by atoms with E-state index in [2.05, 4.69) is 21.6 Å². The Morgan fingerprint density at radius 2 is 2.26 bits per heavy atom. The average molecular weight is 323 g/mol. The van der Waals surface area contributed by atoms with Crippen LogP contribution in [-0.2, 0) is 16.0 Å². The standard InChI is InChI=1S/C17H29N3O3/c1-14-4-7-18-20(14)10-9-19-8-6-17(22-2)5-3-15(13-16(17)19)23-12-11-21/h4,7,15-16,21H,3,5-6,8-13H2,1-2H3/t15-,16+,17-/m1/s1. The SMILES string of the molecule is CO[C@@]12CC[C@@H](OCCO)C[C@@H]1N(CCn1nccc1C)CC2. The Hall–Kier alpha value is -0.950. The van der Waals surface area contributed by atoms with Gasteiger partial charge < -0.3 is 14.6 Å².